The number of aromatic nitrogens is 3. The quantitative estimate of drug-likeness (QED) is 0.604. The fourth-order valence-corrected chi connectivity index (χ4v) is 2.54. The molecule has 5 nitrogen and oxygen atoms in total. The number of anilines is 1. The van der Waals surface area contributed by atoms with E-state index >= 15 is 0 Å². The first-order valence-electron chi connectivity index (χ1n) is 6.91. The molecule has 0 bridgehead atoms. The van der Waals surface area contributed by atoms with Gasteiger partial charge in [0, 0.05) is 23.2 Å². The maximum atomic E-state index is 13.6. The average Bonchev–Trinajstić information content (AvgIpc) is 3.15. The molecule has 3 aromatic heterocycles. The number of fused-ring (bicyclic) bond motifs is 2. The lowest BCUT2D eigenvalue weighted by Crippen LogP contribution is -2.00. The van der Waals surface area contributed by atoms with Crippen molar-refractivity contribution in [2.45, 2.75) is 13.5 Å². The number of pyridine rings is 1. The van der Waals surface area contributed by atoms with Gasteiger partial charge in [0.05, 0.1) is 23.5 Å². The van der Waals surface area contributed by atoms with E-state index in [9.17, 15) is 4.39 Å². The molecule has 110 valence electrons. The Morgan fingerprint density at radius 3 is 3.09 bits per heavy atom. The molecule has 0 spiro atoms. The van der Waals surface area contributed by atoms with Gasteiger partial charge in [-0.05, 0) is 25.1 Å². The van der Waals surface area contributed by atoms with E-state index < -0.39 is 0 Å². The minimum Gasteiger partial charge on any atom is -0.464 e. The summed E-state index contributed by atoms with van der Waals surface area (Å²) in [7, 11) is 0. The molecule has 0 aliphatic rings. The number of rotatable bonds is 3. The van der Waals surface area contributed by atoms with Crippen LogP contribution < -0.4 is 5.32 Å². The average molecular weight is 296 g/mol. The Morgan fingerprint density at radius 1 is 1.27 bits per heavy atom. The Kier molecular flexibility index (Phi) is 2.82. The van der Waals surface area contributed by atoms with Crippen LogP contribution in [0.15, 0.2) is 41.1 Å². The van der Waals surface area contributed by atoms with Gasteiger partial charge in [0.1, 0.15) is 11.4 Å². The highest BCUT2D eigenvalue weighted by Gasteiger charge is 2.09. The lowest BCUT2D eigenvalue weighted by atomic mass is 10.1. The van der Waals surface area contributed by atoms with Crippen LogP contribution in [0.4, 0.5) is 10.1 Å². The lowest BCUT2D eigenvalue weighted by molar-refractivity contribution is 0.606. The topological polar surface area (TPSA) is 66.7 Å². The first-order valence-corrected chi connectivity index (χ1v) is 6.91. The van der Waals surface area contributed by atoms with E-state index in [4.69, 9.17) is 4.42 Å². The van der Waals surface area contributed by atoms with Gasteiger partial charge >= 0.3 is 0 Å². The van der Waals surface area contributed by atoms with E-state index in [0.717, 1.165) is 22.3 Å². The summed E-state index contributed by atoms with van der Waals surface area (Å²) in [5.41, 5.74) is 4.01. The molecule has 0 radical (unpaired) electrons. The molecule has 4 aromatic rings. The van der Waals surface area contributed by atoms with Crippen molar-refractivity contribution in [3.8, 4) is 0 Å². The van der Waals surface area contributed by atoms with Crippen LogP contribution in [0.5, 0.6) is 0 Å². The minimum absolute atomic E-state index is 0.274. The Labute approximate surface area is 125 Å². The van der Waals surface area contributed by atoms with Crippen molar-refractivity contribution in [1.29, 1.82) is 0 Å². The second-order valence-electron chi connectivity index (χ2n) is 5.17. The normalized spacial score (nSPS) is 11.4. The number of aryl methyl sites for hydroxylation is 1. The van der Waals surface area contributed by atoms with Crippen molar-refractivity contribution in [1.82, 2.24) is 15.2 Å². The van der Waals surface area contributed by atoms with Gasteiger partial charge in [-0.1, -0.05) is 6.07 Å². The predicted molar refractivity (Wildman–Crippen MR) is 82.1 cm³/mol. The molecule has 6 heteroatoms. The van der Waals surface area contributed by atoms with Crippen molar-refractivity contribution in [3.05, 3.63) is 53.8 Å². The van der Waals surface area contributed by atoms with E-state index in [1.807, 2.05) is 13.0 Å². The molecule has 4 rings (SSSR count). The van der Waals surface area contributed by atoms with Crippen LogP contribution in [0.2, 0.25) is 0 Å². The zero-order chi connectivity index (χ0) is 15.1. The summed E-state index contributed by atoms with van der Waals surface area (Å²) in [5.74, 6) is -0.274. The van der Waals surface area contributed by atoms with Crippen molar-refractivity contribution in [3.63, 3.8) is 0 Å². The van der Waals surface area contributed by atoms with Gasteiger partial charge < -0.3 is 9.73 Å². The monoisotopic (exact) mass is 296 g/mol. The Bertz CT molecular complexity index is 973. The highest BCUT2D eigenvalue weighted by Crippen LogP contribution is 2.24. The van der Waals surface area contributed by atoms with E-state index in [1.54, 1.807) is 18.3 Å². The van der Waals surface area contributed by atoms with E-state index in [-0.39, 0.29) is 5.82 Å². The summed E-state index contributed by atoms with van der Waals surface area (Å²) in [6.45, 7) is 2.47. The van der Waals surface area contributed by atoms with Crippen LogP contribution in [-0.4, -0.2) is 15.2 Å². The molecule has 22 heavy (non-hydrogen) atoms. The van der Waals surface area contributed by atoms with Crippen molar-refractivity contribution < 1.29 is 8.81 Å². The molecule has 0 saturated heterocycles. The van der Waals surface area contributed by atoms with Gasteiger partial charge in [0.2, 0.25) is 0 Å². The van der Waals surface area contributed by atoms with Crippen LogP contribution >= 0.6 is 0 Å². The van der Waals surface area contributed by atoms with Gasteiger partial charge in [-0.2, -0.15) is 5.10 Å². The van der Waals surface area contributed by atoms with Crippen molar-refractivity contribution in [2.24, 2.45) is 0 Å². The lowest BCUT2D eigenvalue weighted by Gasteiger charge is -2.07. The third-order valence-corrected chi connectivity index (χ3v) is 3.73. The molecule has 0 saturated carbocycles. The third kappa shape index (κ3) is 2.00. The van der Waals surface area contributed by atoms with Gasteiger partial charge in [0.25, 0.3) is 0 Å². The van der Waals surface area contributed by atoms with Crippen molar-refractivity contribution >= 4 is 27.7 Å². The number of hydrogen-bond donors (Lipinski definition) is 2. The molecule has 1 aromatic carbocycles. The molecule has 0 fully saturated rings. The number of aromatic amines is 1. The maximum absolute atomic E-state index is 13.6. The Hall–Kier alpha value is -2.89. The number of nitrogens with zero attached hydrogens (tertiary/aromatic N) is 2. The smallest absolute Gasteiger partial charge is 0.181 e. The van der Waals surface area contributed by atoms with Crippen molar-refractivity contribution in [2.75, 3.05) is 5.32 Å². The number of benzene rings is 1. The standard InChI is InChI=1S/C16H13FN4O/c1-9-13-6-11(8-19-16(13)21-20-9)18-7-10-2-3-14(17)12-4-5-22-15(10)12/h2-6,8,18H,7H2,1H3,(H,19,20,21). The number of H-pyrrole nitrogens is 1. The largest absolute Gasteiger partial charge is 0.464 e. The highest BCUT2D eigenvalue weighted by atomic mass is 19.1. The fourth-order valence-electron chi connectivity index (χ4n) is 2.54. The zero-order valence-corrected chi connectivity index (χ0v) is 11.9. The molecule has 3 heterocycles. The molecular weight excluding hydrogens is 283 g/mol. The number of halogens is 1. The molecule has 2 N–H and O–H groups in total. The van der Waals surface area contributed by atoms with Crippen LogP contribution in [0, 0.1) is 12.7 Å². The predicted octanol–water partition coefficient (Wildman–Crippen LogP) is 3.76. The highest BCUT2D eigenvalue weighted by molar-refractivity contribution is 5.82. The first-order chi connectivity index (χ1) is 10.7. The first kappa shape index (κ1) is 12.8. The summed E-state index contributed by atoms with van der Waals surface area (Å²) >= 11 is 0. The SMILES string of the molecule is Cc1[nH]nc2ncc(NCc3ccc(F)c4ccoc34)cc12. The summed E-state index contributed by atoms with van der Waals surface area (Å²) in [5, 5.41) is 11.8. The van der Waals surface area contributed by atoms with Crippen LogP contribution in [0.25, 0.3) is 22.0 Å². The van der Waals surface area contributed by atoms with Crippen LogP contribution in [0.3, 0.4) is 0 Å². The maximum Gasteiger partial charge on any atom is 0.181 e. The molecule has 0 aliphatic carbocycles. The third-order valence-electron chi connectivity index (χ3n) is 3.73. The van der Waals surface area contributed by atoms with Gasteiger partial charge in [-0.3, -0.25) is 5.10 Å². The van der Waals surface area contributed by atoms with Gasteiger partial charge in [-0.15, -0.1) is 0 Å². The second kappa shape index (κ2) is 4.84. The summed E-state index contributed by atoms with van der Waals surface area (Å²) < 4.78 is 19.0. The molecule has 0 aliphatic heterocycles. The van der Waals surface area contributed by atoms with Gasteiger partial charge in [0.15, 0.2) is 5.65 Å². The summed E-state index contributed by atoms with van der Waals surface area (Å²) in [6.07, 6.45) is 3.23. The molecule has 0 unspecified atom stereocenters. The van der Waals surface area contributed by atoms with E-state index in [0.29, 0.717) is 23.2 Å². The minimum atomic E-state index is -0.274. The fraction of sp³-hybridized carbons (Fsp3) is 0.125. The Morgan fingerprint density at radius 2 is 2.18 bits per heavy atom. The summed E-state index contributed by atoms with van der Waals surface area (Å²) in [6, 6.07) is 6.81. The Balaban J connectivity index is 1.64. The number of nitrogens with one attached hydrogen (secondary N) is 2. The van der Waals surface area contributed by atoms with Crippen LogP contribution in [-0.2, 0) is 6.54 Å². The molecular formula is C16H13FN4O. The van der Waals surface area contributed by atoms with Gasteiger partial charge in [-0.25, -0.2) is 9.37 Å². The number of furan rings is 1. The van der Waals surface area contributed by atoms with E-state index in [1.165, 1.54) is 12.3 Å². The van der Waals surface area contributed by atoms with E-state index in [2.05, 4.69) is 20.5 Å². The number of hydrogen-bond acceptors (Lipinski definition) is 4. The second-order valence-corrected chi connectivity index (χ2v) is 5.17. The zero-order valence-electron chi connectivity index (χ0n) is 11.9. The summed E-state index contributed by atoms with van der Waals surface area (Å²) in [4.78, 5) is 4.29. The molecule has 0 amide bonds. The molecule has 0 atom stereocenters. The van der Waals surface area contributed by atoms with Crippen LogP contribution in [0.1, 0.15) is 11.3 Å².